The van der Waals surface area contributed by atoms with Crippen LogP contribution in [-0.2, 0) is 0 Å². The first-order valence-electron chi connectivity index (χ1n) is 11.0. The lowest BCUT2D eigenvalue weighted by atomic mass is 9.86. The van der Waals surface area contributed by atoms with Gasteiger partial charge in [-0.05, 0) is 34.9 Å². The van der Waals surface area contributed by atoms with Crippen molar-refractivity contribution < 1.29 is 0 Å². The van der Waals surface area contributed by atoms with Gasteiger partial charge in [-0.1, -0.05) is 103 Å². The highest BCUT2D eigenvalue weighted by atomic mass is 14.8. The molecule has 0 amide bonds. The number of fused-ring (bicyclic) bond motifs is 2. The Morgan fingerprint density at radius 1 is 0.625 bits per heavy atom. The normalized spacial score (nSPS) is 19.4. The van der Waals surface area contributed by atoms with Crippen LogP contribution in [0.25, 0.3) is 27.7 Å². The molecule has 0 saturated heterocycles. The third-order valence-corrected chi connectivity index (χ3v) is 6.17. The summed E-state index contributed by atoms with van der Waals surface area (Å²) in [5.41, 5.74) is 7.73. The molecule has 0 N–H and O–H groups in total. The van der Waals surface area contributed by atoms with E-state index in [0.717, 1.165) is 33.4 Å². The summed E-state index contributed by atoms with van der Waals surface area (Å²) in [5.74, 6) is 0.314. The molecule has 0 saturated carbocycles. The highest BCUT2D eigenvalue weighted by molar-refractivity contribution is 6.09. The Balaban J connectivity index is 1.36. The molecule has 1 aromatic heterocycles. The van der Waals surface area contributed by atoms with Crippen LogP contribution in [-0.4, -0.2) is 16.7 Å². The van der Waals surface area contributed by atoms with Crippen molar-refractivity contribution in [1.29, 1.82) is 0 Å². The number of hydrogen-bond donors (Lipinski definition) is 0. The Morgan fingerprint density at radius 2 is 1.34 bits per heavy atom. The molecule has 2 heterocycles. The lowest BCUT2D eigenvalue weighted by Crippen LogP contribution is -2.21. The molecule has 2 aliphatic rings. The lowest BCUT2D eigenvalue weighted by molar-refractivity contribution is 0.682. The number of allylic oxidation sites excluding steroid dienone is 3. The molecule has 6 rings (SSSR count). The number of pyridine rings is 1. The monoisotopic (exact) mass is 410 g/mol. The van der Waals surface area contributed by atoms with E-state index < -0.39 is 0 Å². The van der Waals surface area contributed by atoms with Gasteiger partial charge in [0, 0.05) is 16.9 Å². The number of benzene rings is 3. The van der Waals surface area contributed by atoms with Crippen molar-refractivity contribution >= 4 is 22.2 Å². The van der Waals surface area contributed by atoms with Crippen molar-refractivity contribution in [2.45, 2.75) is 6.04 Å². The number of hydrogen-bond acceptors (Lipinski definition) is 2. The van der Waals surface area contributed by atoms with Crippen molar-refractivity contribution in [3.05, 3.63) is 133 Å². The zero-order valence-electron chi connectivity index (χ0n) is 17.6. The minimum atomic E-state index is 0.120. The fourth-order valence-corrected chi connectivity index (χ4v) is 4.43. The average molecular weight is 411 g/mol. The first kappa shape index (κ1) is 18.7. The van der Waals surface area contributed by atoms with Crippen LogP contribution < -0.4 is 0 Å². The fraction of sp³-hybridized carbons (Fsp3) is 0.0667. The maximum Gasteiger partial charge on any atom is 0.0793 e. The highest BCUT2D eigenvalue weighted by Gasteiger charge is 2.22. The van der Waals surface area contributed by atoms with Crippen molar-refractivity contribution in [2.24, 2.45) is 10.9 Å². The minimum Gasteiger partial charge on any atom is -0.276 e. The van der Waals surface area contributed by atoms with E-state index in [-0.39, 0.29) is 6.04 Å². The van der Waals surface area contributed by atoms with Gasteiger partial charge in [0.25, 0.3) is 0 Å². The van der Waals surface area contributed by atoms with E-state index in [1.807, 2.05) is 12.1 Å². The zero-order chi connectivity index (χ0) is 21.3. The van der Waals surface area contributed by atoms with Gasteiger partial charge < -0.3 is 0 Å². The molecule has 1 aliphatic carbocycles. The molecule has 1 aliphatic heterocycles. The molecule has 3 aromatic carbocycles. The number of nitrogens with zero attached hydrogens (tertiary/aromatic N) is 2. The van der Waals surface area contributed by atoms with Crippen molar-refractivity contribution in [1.82, 2.24) is 4.98 Å². The van der Waals surface area contributed by atoms with E-state index >= 15 is 0 Å². The van der Waals surface area contributed by atoms with Crippen LogP contribution in [0.1, 0.15) is 11.1 Å². The van der Waals surface area contributed by atoms with Crippen LogP contribution in [0.3, 0.4) is 0 Å². The summed E-state index contributed by atoms with van der Waals surface area (Å²) < 4.78 is 0. The van der Waals surface area contributed by atoms with Crippen LogP contribution >= 0.6 is 0 Å². The van der Waals surface area contributed by atoms with Crippen LogP contribution in [0.4, 0.5) is 0 Å². The largest absolute Gasteiger partial charge is 0.276 e. The third kappa shape index (κ3) is 3.50. The third-order valence-electron chi connectivity index (χ3n) is 6.17. The van der Waals surface area contributed by atoms with Crippen molar-refractivity contribution in [2.75, 3.05) is 0 Å². The van der Waals surface area contributed by atoms with Gasteiger partial charge in [-0.15, -0.1) is 0 Å². The smallest absolute Gasteiger partial charge is 0.0793 e. The summed E-state index contributed by atoms with van der Waals surface area (Å²) in [5, 5.41) is 1.15. The van der Waals surface area contributed by atoms with Gasteiger partial charge in [0.15, 0.2) is 0 Å². The molecule has 2 unspecified atom stereocenters. The number of aromatic nitrogens is 1. The summed E-state index contributed by atoms with van der Waals surface area (Å²) >= 11 is 0. The first-order chi connectivity index (χ1) is 15.8. The number of dihydropyridines is 1. The van der Waals surface area contributed by atoms with Gasteiger partial charge in [0.05, 0.1) is 23.0 Å². The standard InChI is InChI=1S/C30H22N2/c1-3-7-21(8-4-1)27-17-15-23-11-13-25(19-29(23)31-27)26-14-12-24-16-18-28(32-30(24)20-26)22-9-5-2-6-10-22/h1-20,23,29H. The van der Waals surface area contributed by atoms with Crippen LogP contribution in [0.2, 0.25) is 0 Å². The molecule has 2 nitrogen and oxygen atoms in total. The van der Waals surface area contributed by atoms with E-state index in [1.165, 1.54) is 11.1 Å². The summed E-state index contributed by atoms with van der Waals surface area (Å²) in [6.07, 6.45) is 11.2. The summed E-state index contributed by atoms with van der Waals surface area (Å²) in [6.45, 7) is 0. The van der Waals surface area contributed by atoms with E-state index in [0.29, 0.717) is 5.92 Å². The zero-order valence-corrected chi connectivity index (χ0v) is 17.6. The Morgan fingerprint density at radius 3 is 2.16 bits per heavy atom. The Kier molecular flexibility index (Phi) is 4.62. The summed E-state index contributed by atoms with van der Waals surface area (Å²) in [4.78, 5) is 10.00. The Hall–Kier alpha value is -4.04. The quantitative estimate of drug-likeness (QED) is 0.361. The van der Waals surface area contributed by atoms with E-state index in [4.69, 9.17) is 9.98 Å². The van der Waals surface area contributed by atoms with E-state index in [1.54, 1.807) is 0 Å². The average Bonchev–Trinajstić information content (AvgIpc) is 2.88. The molecular formula is C30H22N2. The molecule has 0 radical (unpaired) electrons. The van der Waals surface area contributed by atoms with Gasteiger partial charge in [-0.25, -0.2) is 4.98 Å². The van der Waals surface area contributed by atoms with E-state index in [9.17, 15) is 0 Å². The van der Waals surface area contributed by atoms with Crippen molar-refractivity contribution in [3.63, 3.8) is 0 Å². The lowest BCUT2D eigenvalue weighted by Gasteiger charge is -2.25. The van der Waals surface area contributed by atoms with Gasteiger partial charge in [-0.3, -0.25) is 4.99 Å². The van der Waals surface area contributed by atoms with Crippen molar-refractivity contribution in [3.8, 4) is 11.3 Å². The topological polar surface area (TPSA) is 25.2 Å². The number of aliphatic imine (C=N–C) groups is 1. The molecule has 0 fully saturated rings. The molecule has 4 aromatic rings. The van der Waals surface area contributed by atoms with Crippen LogP contribution in [0, 0.1) is 5.92 Å². The van der Waals surface area contributed by atoms with Gasteiger partial charge in [0.2, 0.25) is 0 Å². The Bertz CT molecular complexity index is 1410. The molecule has 0 bridgehead atoms. The van der Waals surface area contributed by atoms with E-state index in [2.05, 4.69) is 109 Å². The molecule has 2 atom stereocenters. The van der Waals surface area contributed by atoms with Gasteiger partial charge in [0.1, 0.15) is 0 Å². The second-order valence-electron chi connectivity index (χ2n) is 8.26. The predicted octanol–water partition coefficient (Wildman–Crippen LogP) is 6.90. The molecule has 0 spiro atoms. The molecule has 32 heavy (non-hydrogen) atoms. The summed E-state index contributed by atoms with van der Waals surface area (Å²) in [7, 11) is 0. The Labute approximate surface area is 188 Å². The second kappa shape index (κ2) is 7.90. The van der Waals surface area contributed by atoms with Gasteiger partial charge >= 0.3 is 0 Å². The molecule has 152 valence electrons. The maximum atomic E-state index is 5.05. The predicted molar refractivity (Wildman–Crippen MR) is 134 cm³/mol. The number of rotatable bonds is 3. The van der Waals surface area contributed by atoms with Gasteiger partial charge in [-0.2, -0.15) is 0 Å². The minimum absolute atomic E-state index is 0.120. The molecular weight excluding hydrogens is 388 g/mol. The second-order valence-corrected chi connectivity index (χ2v) is 8.26. The van der Waals surface area contributed by atoms with Crippen LogP contribution in [0.5, 0.6) is 0 Å². The fourth-order valence-electron chi connectivity index (χ4n) is 4.43. The SMILES string of the molecule is C1=CC2C=CC(c3ccccc3)=NC2C=C1c1ccc2ccc(-c3ccccc3)nc2c1. The first-order valence-corrected chi connectivity index (χ1v) is 11.0. The molecule has 2 heteroatoms. The maximum absolute atomic E-state index is 5.05. The summed E-state index contributed by atoms with van der Waals surface area (Å²) in [6, 6.07) is 31.6. The highest BCUT2D eigenvalue weighted by Crippen LogP contribution is 2.31. The van der Waals surface area contributed by atoms with Crippen LogP contribution in [0.15, 0.2) is 126 Å².